The SMILES string of the molecule is CC(Sc1nc2ncccc2n1Cc1ccc(C2CC2)c2ccccc12)C(=O)O. The van der Waals surface area contributed by atoms with E-state index in [2.05, 4.69) is 50.9 Å². The van der Waals surface area contributed by atoms with Crippen molar-refractivity contribution in [1.82, 2.24) is 14.5 Å². The second-order valence-electron chi connectivity index (χ2n) is 7.56. The number of imidazole rings is 1. The lowest BCUT2D eigenvalue weighted by Crippen LogP contribution is -2.13. The largest absolute Gasteiger partial charge is 0.480 e. The van der Waals surface area contributed by atoms with E-state index in [-0.39, 0.29) is 0 Å². The second kappa shape index (κ2) is 7.19. The fourth-order valence-corrected chi connectivity index (χ4v) is 4.68. The zero-order valence-corrected chi connectivity index (χ0v) is 16.9. The fraction of sp³-hybridized carbons (Fsp3) is 0.261. The second-order valence-corrected chi connectivity index (χ2v) is 8.87. The lowest BCUT2D eigenvalue weighted by atomic mass is 9.97. The third kappa shape index (κ3) is 3.38. The van der Waals surface area contributed by atoms with Crippen LogP contribution in [0.2, 0.25) is 0 Å². The first kappa shape index (κ1) is 18.2. The molecule has 146 valence electrons. The average Bonchev–Trinajstić information content (AvgIpc) is 3.52. The Morgan fingerprint density at radius 3 is 2.72 bits per heavy atom. The summed E-state index contributed by atoms with van der Waals surface area (Å²) in [6.07, 6.45) is 4.26. The zero-order valence-electron chi connectivity index (χ0n) is 16.1. The molecule has 2 heterocycles. The van der Waals surface area contributed by atoms with Crippen LogP contribution in [-0.4, -0.2) is 30.9 Å². The summed E-state index contributed by atoms with van der Waals surface area (Å²) in [7, 11) is 0. The van der Waals surface area contributed by atoms with Crippen LogP contribution in [-0.2, 0) is 11.3 Å². The van der Waals surface area contributed by atoms with Crippen LogP contribution >= 0.6 is 11.8 Å². The van der Waals surface area contributed by atoms with E-state index in [1.54, 1.807) is 13.1 Å². The first-order valence-corrected chi connectivity index (χ1v) is 10.7. The van der Waals surface area contributed by atoms with Crippen molar-refractivity contribution in [3.05, 3.63) is 65.9 Å². The first-order valence-electron chi connectivity index (χ1n) is 9.83. The maximum absolute atomic E-state index is 11.4. The fourth-order valence-electron chi connectivity index (χ4n) is 3.83. The van der Waals surface area contributed by atoms with Gasteiger partial charge in [-0.2, -0.15) is 0 Å². The van der Waals surface area contributed by atoms with Crippen molar-refractivity contribution in [1.29, 1.82) is 0 Å². The molecule has 2 aromatic carbocycles. The smallest absolute Gasteiger partial charge is 0.316 e. The van der Waals surface area contributed by atoms with Gasteiger partial charge in [0.2, 0.25) is 0 Å². The highest BCUT2D eigenvalue weighted by molar-refractivity contribution is 8.00. The summed E-state index contributed by atoms with van der Waals surface area (Å²) in [5, 5.41) is 12.0. The van der Waals surface area contributed by atoms with Crippen molar-refractivity contribution in [3.63, 3.8) is 0 Å². The van der Waals surface area contributed by atoms with E-state index < -0.39 is 11.2 Å². The summed E-state index contributed by atoms with van der Waals surface area (Å²) < 4.78 is 2.09. The molecule has 0 saturated heterocycles. The molecule has 1 N–H and O–H groups in total. The Kier molecular flexibility index (Phi) is 4.51. The maximum Gasteiger partial charge on any atom is 0.316 e. The highest BCUT2D eigenvalue weighted by Crippen LogP contribution is 2.43. The molecule has 0 aliphatic heterocycles. The highest BCUT2D eigenvalue weighted by atomic mass is 32.2. The number of aromatic nitrogens is 3. The number of benzene rings is 2. The number of nitrogens with zero attached hydrogens (tertiary/aromatic N) is 3. The molecule has 5 nitrogen and oxygen atoms in total. The van der Waals surface area contributed by atoms with E-state index in [0.717, 1.165) is 5.52 Å². The molecule has 1 aliphatic rings. The van der Waals surface area contributed by atoms with E-state index in [0.29, 0.717) is 23.3 Å². The van der Waals surface area contributed by atoms with Gasteiger partial charge in [-0.25, -0.2) is 9.97 Å². The summed E-state index contributed by atoms with van der Waals surface area (Å²) >= 11 is 1.26. The topological polar surface area (TPSA) is 68.0 Å². The Morgan fingerprint density at radius 1 is 1.17 bits per heavy atom. The minimum atomic E-state index is -0.846. The number of carboxylic acid groups (broad SMARTS) is 1. The van der Waals surface area contributed by atoms with Crippen LogP contribution in [0.4, 0.5) is 0 Å². The molecule has 5 rings (SSSR count). The van der Waals surface area contributed by atoms with E-state index >= 15 is 0 Å². The third-order valence-corrected chi connectivity index (χ3v) is 6.59. The average molecular weight is 404 g/mol. The summed E-state index contributed by atoms with van der Waals surface area (Å²) in [5.41, 5.74) is 4.21. The van der Waals surface area contributed by atoms with Gasteiger partial charge in [-0.05, 0) is 59.7 Å². The Morgan fingerprint density at radius 2 is 1.97 bits per heavy atom. The molecule has 1 unspecified atom stereocenters. The van der Waals surface area contributed by atoms with Crippen LogP contribution in [0.1, 0.15) is 36.8 Å². The lowest BCUT2D eigenvalue weighted by molar-refractivity contribution is -0.136. The predicted molar refractivity (Wildman–Crippen MR) is 116 cm³/mol. The van der Waals surface area contributed by atoms with Crippen molar-refractivity contribution in [2.45, 2.75) is 42.6 Å². The summed E-state index contributed by atoms with van der Waals surface area (Å²) in [6.45, 7) is 2.31. The van der Waals surface area contributed by atoms with Crippen molar-refractivity contribution >= 4 is 39.7 Å². The van der Waals surface area contributed by atoms with Gasteiger partial charge in [0.1, 0.15) is 5.25 Å². The van der Waals surface area contributed by atoms with Crippen LogP contribution in [0.3, 0.4) is 0 Å². The summed E-state index contributed by atoms with van der Waals surface area (Å²) in [4.78, 5) is 20.4. The van der Waals surface area contributed by atoms with Crippen molar-refractivity contribution in [3.8, 4) is 0 Å². The molecule has 29 heavy (non-hydrogen) atoms. The standard InChI is InChI=1S/C23H21N3O2S/c1-14(22(27)28)29-23-25-21-20(7-4-12-24-21)26(23)13-16-10-11-18(15-8-9-15)19-6-3-2-5-17(16)19/h2-7,10-12,14-15H,8-9,13H2,1H3,(H,27,28). The third-order valence-electron chi connectivity index (χ3n) is 5.51. The van der Waals surface area contributed by atoms with Crippen LogP contribution in [0.15, 0.2) is 59.9 Å². The number of aliphatic carboxylic acids is 1. The molecular formula is C23H21N3O2S. The Bertz CT molecular complexity index is 1230. The van der Waals surface area contributed by atoms with Gasteiger partial charge in [0.15, 0.2) is 10.8 Å². The molecular weight excluding hydrogens is 382 g/mol. The van der Waals surface area contributed by atoms with Crippen LogP contribution < -0.4 is 0 Å². The number of carboxylic acids is 1. The van der Waals surface area contributed by atoms with Gasteiger partial charge >= 0.3 is 5.97 Å². The number of fused-ring (bicyclic) bond motifs is 2. The normalized spacial score (nSPS) is 15.1. The van der Waals surface area contributed by atoms with Crippen molar-refractivity contribution in [2.24, 2.45) is 0 Å². The molecule has 0 amide bonds. The molecule has 0 bridgehead atoms. The molecule has 1 atom stereocenters. The molecule has 1 aliphatic carbocycles. The van der Waals surface area contributed by atoms with Crippen LogP contribution in [0.5, 0.6) is 0 Å². The maximum atomic E-state index is 11.4. The number of pyridine rings is 1. The van der Waals surface area contributed by atoms with Gasteiger partial charge < -0.3 is 9.67 Å². The van der Waals surface area contributed by atoms with E-state index in [1.165, 1.54) is 46.5 Å². The number of rotatable bonds is 6. The molecule has 0 spiro atoms. The van der Waals surface area contributed by atoms with Gasteiger partial charge in [0.25, 0.3) is 0 Å². The van der Waals surface area contributed by atoms with Crippen LogP contribution in [0.25, 0.3) is 21.9 Å². The molecule has 2 aromatic heterocycles. The number of hydrogen-bond donors (Lipinski definition) is 1. The van der Waals surface area contributed by atoms with Gasteiger partial charge in [0, 0.05) is 6.20 Å². The zero-order chi connectivity index (χ0) is 20.0. The molecule has 0 radical (unpaired) electrons. The van der Waals surface area contributed by atoms with Crippen molar-refractivity contribution < 1.29 is 9.90 Å². The van der Waals surface area contributed by atoms with Gasteiger partial charge in [-0.1, -0.05) is 48.2 Å². The number of hydrogen-bond acceptors (Lipinski definition) is 4. The minimum Gasteiger partial charge on any atom is -0.480 e. The first-order chi connectivity index (χ1) is 14.1. The Balaban J connectivity index is 1.62. The minimum absolute atomic E-state index is 0.584. The molecule has 4 aromatic rings. The Labute approximate surface area is 172 Å². The summed E-state index contributed by atoms with van der Waals surface area (Å²) in [5.74, 6) is -0.157. The lowest BCUT2D eigenvalue weighted by Gasteiger charge is -2.14. The van der Waals surface area contributed by atoms with Crippen molar-refractivity contribution in [2.75, 3.05) is 0 Å². The van der Waals surface area contributed by atoms with E-state index in [4.69, 9.17) is 0 Å². The quantitative estimate of drug-likeness (QED) is 0.455. The van der Waals surface area contributed by atoms with E-state index in [1.807, 2.05) is 12.1 Å². The molecule has 1 saturated carbocycles. The highest BCUT2D eigenvalue weighted by Gasteiger charge is 2.26. The number of thioether (sulfide) groups is 1. The predicted octanol–water partition coefficient (Wildman–Crippen LogP) is 5.08. The molecule has 6 heteroatoms. The molecule has 1 fully saturated rings. The summed E-state index contributed by atoms with van der Waals surface area (Å²) in [6, 6.07) is 16.9. The van der Waals surface area contributed by atoms with Crippen LogP contribution in [0, 0.1) is 0 Å². The van der Waals surface area contributed by atoms with Gasteiger partial charge in [-0.15, -0.1) is 0 Å². The van der Waals surface area contributed by atoms with Gasteiger partial charge in [-0.3, -0.25) is 4.79 Å². The number of carbonyl (C=O) groups is 1. The monoisotopic (exact) mass is 403 g/mol. The Hall–Kier alpha value is -2.86. The van der Waals surface area contributed by atoms with Gasteiger partial charge in [0.05, 0.1) is 12.1 Å². The van der Waals surface area contributed by atoms with E-state index in [9.17, 15) is 9.90 Å².